The van der Waals surface area contributed by atoms with Crippen LogP contribution < -0.4 is 9.47 Å². The predicted octanol–water partition coefficient (Wildman–Crippen LogP) is 3.76. The number of methoxy groups -OCH3 is 1. The number of ether oxygens (including phenoxy) is 2. The van der Waals surface area contributed by atoms with Gasteiger partial charge in [-0.2, -0.15) is 0 Å². The molecule has 110 valence electrons. The van der Waals surface area contributed by atoms with Gasteiger partial charge in [0.2, 0.25) is 5.70 Å². The molecule has 0 aliphatic rings. The van der Waals surface area contributed by atoms with Gasteiger partial charge in [-0.3, -0.25) is 10.1 Å². The van der Waals surface area contributed by atoms with E-state index >= 15 is 0 Å². The Bertz CT molecular complexity index is 507. The first-order valence-electron chi connectivity index (χ1n) is 6.56. The van der Waals surface area contributed by atoms with Crippen molar-refractivity contribution >= 4 is 6.08 Å². The zero-order chi connectivity index (χ0) is 15.3. The summed E-state index contributed by atoms with van der Waals surface area (Å²) >= 11 is 0. The summed E-state index contributed by atoms with van der Waals surface area (Å²) in [4.78, 5) is 10.7. The minimum atomic E-state index is -0.358. The highest BCUT2D eigenvalue weighted by atomic mass is 16.6. The van der Waals surface area contributed by atoms with Crippen LogP contribution >= 0.6 is 0 Å². The number of benzene rings is 1. The number of para-hydroxylation sites is 1. The van der Waals surface area contributed by atoms with Crippen LogP contribution in [0.1, 0.15) is 33.3 Å². The summed E-state index contributed by atoms with van der Waals surface area (Å²) in [6.07, 6.45) is 1.50. The van der Waals surface area contributed by atoms with E-state index in [-0.39, 0.29) is 22.6 Å². The van der Waals surface area contributed by atoms with Crippen LogP contribution in [0.5, 0.6) is 11.5 Å². The average Bonchev–Trinajstić information content (AvgIpc) is 2.35. The number of hydrogen-bond donors (Lipinski definition) is 0. The fraction of sp³-hybridized carbons (Fsp3) is 0.467. The Morgan fingerprint density at radius 1 is 1.30 bits per heavy atom. The van der Waals surface area contributed by atoms with Crippen molar-refractivity contribution in [3.8, 4) is 11.5 Å². The second-order valence-electron chi connectivity index (χ2n) is 5.03. The van der Waals surface area contributed by atoms with Gasteiger partial charge in [-0.25, -0.2) is 0 Å². The van der Waals surface area contributed by atoms with Crippen LogP contribution in [0, 0.1) is 16.0 Å². The third kappa shape index (κ3) is 3.98. The van der Waals surface area contributed by atoms with Crippen LogP contribution in [-0.2, 0) is 0 Å². The molecule has 1 rings (SSSR count). The minimum Gasteiger partial charge on any atom is -0.493 e. The van der Waals surface area contributed by atoms with Gasteiger partial charge in [-0.15, -0.1) is 0 Å². The van der Waals surface area contributed by atoms with E-state index in [4.69, 9.17) is 9.47 Å². The maximum absolute atomic E-state index is 11.1. The van der Waals surface area contributed by atoms with E-state index in [9.17, 15) is 10.1 Å². The van der Waals surface area contributed by atoms with Gasteiger partial charge in [0.05, 0.1) is 18.1 Å². The SMILES string of the molecule is COc1cccc(/C=C(/C(C)C)[N+](=O)[O-])c1OC(C)C. The molecule has 0 heterocycles. The average molecular weight is 279 g/mol. The monoisotopic (exact) mass is 279 g/mol. The van der Waals surface area contributed by atoms with Crippen molar-refractivity contribution in [2.45, 2.75) is 33.8 Å². The fourth-order valence-electron chi connectivity index (χ4n) is 1.76. The van der Waals surface area contributed by atoms with E-state index < -0.39 is 0 Å². The molecule has 5 heteroatoms. The quantitative estimate of drug-likeness (QED) is 0.587. The second kappa shape index (κ2) is 6.93. The molecular formula is C15H21NO4. The lowest BCUT2D eigenvalue weighted by molar-refractivity contribution is -0.431. The van der Waals surface area contributed by atoms with Gasteiger partial charge in [-0.1, -0.05) is 26.0 Å². The van der Waals surface area contributed by atoms with Crippen LogP contribution in [-0.4, -0.2) is 18.1 Å². The van der Waals surface area contributed by atoms with Crippen LogP contribution in [0.3, 0.4) is 0 Å². The third-order valence-electron chi connectivity index (χ3n) is 2.69. The maximum Gasteiger partial charge on any atom is 0.249 e. The van der Waals surface area contributed by atoms with E-state index in [0.29, 0.717) is 17.1 Å². The molecule has 5 nitrogen and oxygen atoms in total. The molecule has 0 aromatic heterocycles. The van der Waals surface area contributed by atoms with E-state index in [0.717, 1.165) is 0 Å². The zero-order valence-corrected chi connectivity index (χ0v) is 12.5. The summed E-state index contributed by atoms with van der Waals surface area (Å²) in [5, 5.41) is 11.1. The number of nitro groups is 1. The predicted molar refractivity (Wildman–Crippen MR) is 78.6 cm³/mol. The summed E-state index contributed by atoms with van der Waals surface area (Å²) < 4.78 is 11.0. The lowest BCUT2D eigenvalue weighted by atomic mass is 10.1. The molecule has 0 saturated heterocycles. The van der Waals surface area contributed by atoms with Gasteiger partial charge < -0.3 is 9.47 Å². The molecule has 0 aliphatic carbocycles. The fourth-order valence-corrected chi connectivity index (χ4v) is 1.76. The van der Waals surface area contributed by atoms with Gasteiger partial charge in [0.25, 0.3) is 0 Å². The zero-order valence-electron chi connectivity index (χ0n) is 12.5. The summed E-state index contributed by atoms with van der Waals surface area (Å²) in [6.45, 7) is 7.38. The van der Waals surface area contributed by atoms with Gasteiger partial charge in [0, 0.05) is 17.6 Å². The van der Waals surface area contributed by atoms with Gasteiger partial charge >= 0.3 is 0 Å². The minimum absolute atomic E-state index is 0.0449. The largest absolute Gasteiger partial charge is 0.493 e. The Kier molecular flexibility index (Phi) is 5.55. The summed E-state index contributed by atoms with van der Waals surface area (Å²) in [6, 6.07) is 5.35. The first-order valence-corrected chi connectivity index (χ1v) is 6.56. The smallest absolute Gasteiger partial charge is 0.249 e. The normalized spacial score (nSPS) is 11.8. The molecular weight excluding hydrogens is 258 g/mol. The first kappa shape index (κ1) is 16.0. The molecule has 1 aromatic rings. The molecule has 0 amide bonds. The lowest BCUT2D eigenvalue weighted by Crippen LogP contribution is -2.09. The molecule has 0 spiro atoms. The van der Waals surface area contributed by atoms with Crippen molar-refractivity contribution in [3.05, 3.63) is 39.6 Å². The van der Waals surface area contributed by atoms with Crippen molar-refractivity contribution in [1.29, 1.82) is 0 Å². The molecule has 0 N–H and O–H groups in total. The molecule has 0 radical (unpaired) electrons. The van der Waals surface area contributed by atoms with Crippen LogP contribution in [0.25, 0.3) is 6.08 Å². The van der Waals surface area contributed by atoms with Crippen molar-refractivity contribution in [2.75, 3.05) is 7.11 Å². The number of nitrogens with zero attached hydrogens (tertiary/aromatic N) is 1. The highest BCUT2D eigenvalue weighted by Crippen LogP contribution is 2.34. The maximum atomic E-state index is 11.1. The van der Waals surface area contributed by atoms with E-state index in [1.54, 1.807) is 45.2 Å². The first-order chi connectivity index (χ1) is 9.36. The third-order valence-corrected chi connectivity index (χ3v) is 2.69. The van der Waals surface area contributed by atoms with E-state index in [1.807, 2.05) is 13.8 Å². The lowest BCUT2D eigenvalue weighted by Gasteiger charge is -2.16. The molecule has 0 atom stereocenters. The summed E-state index contributed by atoms with van der Waals surface area (Å²) in [5.74, 6) is 0.923. The van der Waals surface area contributed by atoms with Crippen molar-refractivity contribution in [2.24, 2.45) is 5.92 Å². The highest BCUT2D eigenvalue weighted by molar-refractivity contribution is 5.63. The van der Waals surface area contributed by atoms with E-state index in [2.05, 4.69) is 0 Å². The highest BCUT2D eigenvalue weighted by Gasteiger charge is 2.19. The molecule has 20 heavy (non-hydrogen) atoms. The Balaban J connectivity index is 3.36. The van der Waals surface area contributed by atoms with Crippen molar-refractivity contribution in [1.82, 2.24) is 0 Å². The Morgan fingerprint density at radius 3 is 2.40 bits per heavy atom. The van der Waals surface area contributed by atoms with Crippen LogP contribution in [0.4, 0.5) is 0 Å². The molecule has 0 saturated carbocycles. The van der Waals surface area contributed by atoms with Crippen molar-refractivity contribution < 1.29 is 14.4 Å². The van der Waals surface area contributed by atoms with Gasteiger partial charge in [0.1, 0.15) is 0 Å². The van der Waals surface area contributed by atoms with Crippen LogP contribution in [0.2, 0.25) is 0 Å². The van der Waals surface area contributed by atoms with Crippen LogP contribution in [0.15, 0.2) is 23.9 Å². The van der Waals surface area contributed by atoms with Gasteiger partial charge in [-0.05, 0) is 19.9 Å². The molecule has 0 aliphatic heterocycles. The topological polar surface area (TPSA) is 61.6 Å². The molecule has 1 aromatic carbocycles. The van der Waals surface area contributed by atoms with E-state index in [1.165, 1.54) is 0 Å². The number of rotatable bonds is 6. The second-order valence-corrected chi connectivity index (χ2v) is 5.03. The molecule has 0 fully saturated rings. The Hall–Kier alpha value is -2.04. The van der Waals surface area contributed by atoms with Gasteiger partial charge in [0.15, 0.2) is 11.5 Å². The number of hydrogen-bond acceptors (Lipinski definition) is 4. The van der Waals surface area contributed by atoms with Crippen molar-refractivity contribution in [3.63, 3.8) is 0 Å². The Morgan fingerprint density at radius 2 is 1.95 bits per heavy atom. The molecule has 0 bridgehead atoms. The summed E-state index contributed by atoms with van der Waals surface area (Å²) in [7, 11) is 1.55. The standard InChI is InChI=1S/C15H21NO4/c1-10(2)13(16(17)18)9-12-7-6-8-14(19-5)15(12)20-11(3)4/h6-11H,1-5H3/b13-9-. The Labute approximate surface area is 119 Å². The number of allylic oxidation sites excluding steroid dienone is 1. The summed E-state index contributed by atoms with van der Waals surface area (Å²) in [5.41, 5.74) is 0.797. The molecule has 0 unspecified atom stereocenters.